The van der Waals surface area contributed by atoms with E-state index in [1.165, 1.54) is 19.3 Å². The van der Waals surface area contributed by atoms with Crippen molar-refractivity contribution in [3.05, 3.63) is 0 Å². The second-order valence-corrected chi connectivity index (χ2v) is 3.21. The lowest BCUT2D eigenvalue weighted by atomic mass is 9.92. The second-order valence-electron chi connectivity index (χ2n) is 3.21. The van der Waals surface area contributed by atoms with Crippen molar-refractivity contribution in [2.75, 3.05) is 19.6 Å². The highest BCUT2D eigenvalue weighted by atomic mass is 16.7. The van der Waals surface area contributed by atoms with Gasteiger partial charge in [0.2, 0.25) is 0 Å². The van der Waals surface area contributed by atoms with Crippen molar-refractivity contribution in [2.45, 2.75) is 24.9 Å². The van der Waals surface area contributed by atoms with Gasteiger partial charge in [-0.2, -0.15) is 0 Å². The molecule has 2 aliphatic rings. The quantitative estimate of drug-likeness (QED) is 0.501. The molecule has 0 bridgehead atoms. The molecular weight excluding hydrogens is 128 g/mol. The summed E-state index contributed by atoms with van der Waals surface area (Å²) >= 11 is 0. The number of piperidine rings is 1. The van der Waals surface area contributed by atoms with E-state index in [9.17, 15) is 0 Å². The summed E-state index contributed by atoms with van der Waals surface area (Å²) in [4.78, 5) is 5.47. The first-order chi connectivity index (χ1) is 4.91. The maximum atomic E-state index is 5.47. The van der Waals surface area contributed by atoms with Crippen LogP contribution in [0, 0.1) is 0 Å². The van der Waals surface area contributed by atoms with Crippen LogP contribution in [0.3, 0.4) is 0 Å². The molecule has 2 saturated heterocycles. The van der Waals surface area contributed by atoms with E-state index in [2.05, 4.69) is 10.8 Å². The Hall–Kier alpha value is -0.120. The third-order valence-corrected chi connectivity index (χ3v) is 2.40. The monoisotopic (exact) mass is 142 g/mol. The van der Waals surface area contributed by atoms with Crippen LogP contribution >= 0.6 is 0 Å². The zero-order chi connectivity index (χ0) is 6.86. The summed E-state index contributed by atoms with van der Waals surface area (Å²) in [5, 5.41) is 3.35. The Bertz CT molecular complexity index is 113. The van der Waals surface area contributed by atoms with Gasteiger partial charge in [-0.1, -0.05) is 0 Å². The number of nitrogens with one attached hydrogen (secondary N) is 2. The molecule has 58 valence electrons. The minimum absolute atomic E-state index is 0.151. The summed E-state index contributed by atoms with van der Waals surface area (Å²) < 4.78 is 0. The molecule has 0 amide bonds. The van der Waals surface area contributed by atoms with Gasteiger partial charge in [-0.05, 0) is 25.8 Å². The Balaban J connectivity index is 1.98. The summed E-state index contributed by atoms with van der Waals surface area (Å²) in [5.41, 5.74) is 3.09. The molecule has 2 fully saturated rings. The van der Waals surface area contributed by atoms with Gasteiger partial charge in [-0.25, -0.2) is 5.48 Å². The number of hydrogen-bond acceptors (Lipinski definition) is 3. The van der Waals surface area contributed by atoms with Crippen LogP contribution in [-0.2, 0) is 4.84 Å². The van der Waals surface area contributed by atoms with Crippen LogP contribution in [0.15, 0.2) is 0 Å². The number of rotatable bonds is 0. The molecule has 2 N–H and O–H groups in total. The zero-order valence-electron chi connectivity index (χ0n) is 6.15. The molecule has 3 heteroatoms. The van der Waals surface area contributed by atoms with Gasteiger partial charge >= 0.3 is 0 Å². The van der Waals surface area contributed by atoms with Crippen molar-refractivity contribution in [3.8, 4) is 0 Å². The normalized spacial score (nSPS) is 40.8. The maximum absolute atomic E-state index is 5.47. The van der Waals surface area contributed by atoms with Gasteiger partial charge in [0.25, 0.3) is 0 Å². The maximum Gasteiger partial charge on any atom is 0.103 e. The molecule has 0 saturated carbocycles. The van der Waals surface area contributed by atoms with Gasteiger partial charge in [-0.15, -0.1) is 0 Å². The van der Waals surface area contributed by atoms with E-state index in [1.807, 2.05) is 0 Å². The number of hydrogen-bond donors (Lipinski definition) is 2. The summed E-state index contributed by atoms with van der Waals surface area (Å²) in [5.74, 6) is 0. The summed E-state index contributed by atoms with van der Waals surface area (Å²) in [6.45, 7) is 3.20. The first-order valence-corrected chi connectivity index (χ1v) is 4.03. The lowest BCUT2D eigenvalue weighted by Gasteiger charge is -2.31. The number of hydroxylamine groups is 1. The van der Waals surface area contributed by atoms with Crippen molar-refractivity contribution in [2.24, 2.45) is 0 Å². The largest absolute Gasteiger partial charge is 0.314 e. The topological polar surface area (TPSA) is 33.3 Å². The van der Waals surface area contributed by atoms with Crippen molar-refractivity contribution < 1.29 is 4.84 Å². The van der Waals surface area contributed by atoms with Crippen molar-refractivity contribution >= 4 is 0 Å². The Labute approximate surface area is 61.1 Å². The smallest absolute Gasteiger partial charge is 0.103 e. The molecule has 0 radical (unpaired) electrons. The highest BCUT2D eigenvalue weighted by Crippen LogP contribution is 2.26. The van der Waals surface area contributed by atoms with E-state index < -0.39 is 0 Å². The average molecular weight is 142 g/mol. The Kier molecular flexibility index (Phi) is 1.64. The van der Waals surface area contributed by atoms with Crippen molar-refractivity contribution in [3.63, 3.8) is 0 Å². The molecule has 10 heavy (non-hydrogen) atoms. The first-order valence-electron chi connectivity index (χ1n) is 4.03. The fourth-order valence-electron chi connectivity index (χ4n) is 1.77. The van der Waals surface area contributed by atoms with Crippen LogP contribution in [0.25, 0.3) is 0 Å². The molecule has 2 heterocycles. The minimum atomic E-state index is 0.151. The Morgan fingerprint density at radius 3 is 2.80 bits per heavy atom. The molecule has 1 spiro atoms. The summed E-state index contributed by atoms with van der Waals surface area (Å²) in [7, 11) is 0. The third kappa shape index (κ3) is 1.05. The van der Waals surface area contributed by atoms with E-state index in [0.29, 0.717) is 0 Å². The van der Waals surface area contributed by atoms with Crippen molar-refractivity contribution in [1.82, 2.24) is 10.8 Å². The highest BCUT2D eigenvalue weighted by Gasteiger charge is 2.36. The Morgan fingerprint density at radius 1 is 1.20 bits per heavy atom. The average Bonchev–Trinajstić information content (AvgIpc) is 2.39. The molecule has 0 aromatic heterocycles. The fourth-order valence-corrected chi connectivity index (χ4v) is 1.77. The molecule has 0 aromatic carbocycles. The summed E-state index contributed by atoms with van der Waals surface area (Å²) in [6, 6.07) is 0. The molecule has 3 nitrogen and oxygen atoms in total. The van der Waals surface area contributed by atoms with Gasteiger partial charge in [0.15, 0.2) is 0 Å². The van der Waals surface area contributed by atoms with Crippen LogP contribution in [0.4, 0.5) is 0 Å². The predicted molar refractivity (Wildman–Crippen MR) is 38.5 cm³/mol. The van der Waals surface area contributed by atoms with Gasteiger partial charge < -0.3 is 5.32 Å². The van der Waals surface area contributed by atoms with Gasteiger partial charge in [0, 0.05) is 13.1 Å². The van der Waals surface area contributed by atoms with E-state index in [4.69, 9.17) is 4.84 Å². The second kappa shape index (κ2) is 2.49. The molecule has 0 aromatic rings. The SMILES string of the molecule is C1CNCC2(C1)CCNO2. The third-order valence-electron chi connectivity index (χ3n) is 2.40. The van der Waals surface area contributed by atoms with E-state index in [0.717, 1.165) is 19.6 Å². The predicted octanol–water partition coefficient (Wildman–Crippen LogP) is 0.0335. The molecule has 2 rings (SSSR count). The van der Waals surface area contributed by atoms with Gasteiger partial charge in [-0.3, -0.25) is 4.84 Å². The van der Waals surface area contributed by atoms with Crippen molar-refractivity contribution in [1.29, 1.82) is 0 Å². The van der Waals surface area contributed by atoms with E-state index >= 15 is 0 Å². The lowest BCUT2D eigenvalue weighted by molar-refractivity contribution is -0.0652. The Morgan fingerprint density at radius 2 is 2.20 bits per heavy atom. The standard InChI is InChI=1S/C7H14N2O/c1-2-7(6-8-4-1)3-5-9-10-7/h8-9H,1-6H2. The molecular formula is C7H14N2O. The molecule has 0 aliphatic carbocycles. The van der Waals surface area contributed by atoms with E-state index in [1.54, 1.807) is 0 Å². The highest BCUT2D eigenvalue weighted by molar-refractivity contribution is 4.89. The zero-order valence-corrected chi connectivity index (χ0v) is 6.15. The van der Waals surface area contributed by atoms with E-state index in [-0.39, 0.29) is 5.60 Å². The fraction of sp³-hybridized carbons (Fsp3) is 1.00. The molecule has 1 unspecified atom stereocenters. The summed E-state index contributed by atoms with van der Waals surface area (Å²) in [6.07, 6.45) is 3.63. The van der Waals surface area contributed by atoms with Gasteiger partial charge in [0.05, 0.1) is 0 Å². The van der Waals surface area contributed by atoms with Crippen LogP contribution in [-0.4, -0.2) is 25.2 Å². The minimum Gasteiger partial charge on any atom is -0.314 e. The molecule has 1 atom stereocenters. The molecule has 2 aliphatic heterocycles. The van der Waals surface area contributed by atoms with Crippen LogP contribution < -0.4 is 10.8 Å². The lowest BCUT2D eigenvalue weighted by Crippen LogP contribution is -2.45. The first kappa shape index (κ1) is 6.58. The van der Waals surface area contributed by atoms with Crippen LogP contribution in [0.2, 0.25) is 0 Å². The van der Waals surface area contributed by atoms with Crippen LogP contribution in [0.5, 0.6) is 0 Å². The van der Waals surface area contributed by atoms with Crippen LogP contribution in [0.1, 0.15) is 19.3 Å². The van der Waals surface area contributed by atoms with Gasteiger partial charge in [0.1, 0.15) is 5.60 Å².